The largest absolute Gasteiger partial charge is 0.385 e. The highest BCUT2D eigenvalue weighted by Crippen LogP contribution is 2.21. The topological polar surface area (TPSA) is 41.6 Å². The molecule has 0 atom stereocenters. The molecule has 0 bridgehead atoms. The van der Waals surface area contributed by atoms with Crippen LogP contribution in [-0.2, 0) is 9.53 Å². The molecule has 0 aliphatic heterocycles. The van der Waals surface area contributed by atoms with E-state index in [0.717, 1.165) is 37.2 Å². The molecule has 1 amide bonds. The van der Waals surface area contributed by atoms with Crippen molar-refractivity contribution in [3.63, 3.8) is 0 Å². The molecule has 0 unspecified atom stereocenters. The zero-order valence-corrected chi connectivity index (χ0v) is 15.2. The fraction of sp³-hybridized carbons (Fsp3) is 0.381. The van der Waals surface area contributed by atoms with Gasteiger partial charge >= 0.3 is 0 Å². The van der Waals surface area contributed by atoms with Crippen LogP contribution in [0.4, 0.5) is 0 Å². The van der Waals surface area contributed by atoms with Crippen molar-refractivity contribution in [3.8, 4) is 0 Å². The van der Waals surface area contributed by atoms with E-state index >= 15 is 0 Å². The van der Waals surface area contributed by atoms with Crippen LogP contribution in [0.15, 0.2) is 60.7 Å². The summed E-state index contributed by atoms with van der Waals surface area (Å²) in [5.74, 6) is 0.0660. The number of nitrogens with zero attached hydrogens (tertiary/aromatic N) is 1. The van der Waals surface area contributed by atoms with Gasteiger partial charge in [-0.25, -0.2) is 0 Å². The molecule has 0 saturated heterocycles. The number of amides is 1. The fourth-order valence-corrected chi connectivity index (χ4v) is 2.77. The monoisotopic (exact) mass is 340 g/mol. The van der Waals surface area contributed by atoms with Gasteiger partial charge in [0, 0.05) is 33.2 Å². The number of carbonyl (C=O) groups is 1. The van der Waals surface area contributed by atoms with E-state index in [1.54, 1.807) is 7.11 Å². The molecule has 0 fully saturated rings. The molecule has 0 saturated carbocycles. The summed E-state index contributed by atoms with van der Waals surface area (Å²) >= 11 is 0. The minimum absolute atomic E-state index is 0.0660. The first kappa shape index (κ1) is 19.2. The first-order valence-corrected chi connectivity index (χ1v) is 8.77. The summed E-state index contributed by atoms with van der Waals surface area (Å²) in [7, 11) is 3.75. The maximum absolute atomic E-state index is 12.5. The Kier molecular flexibility index (Phi) is 8.16. The lowest BCUT2D eigenvalue weighted by molar-refractivity contribution is -0.121. The second-order valence-corrected chi connectivity index (χ2v) is 6.22. The summed E-state index contributed by atoms with van der Waals surface area (Å²) < 4.78 is 5.06. The van der Waals surface area contributed by atoms with Gasteiger partial charge in [-0.2, -0.15) is 0 Å². The van der Waals surface area contributed by atoms with E-state index in [0.29, 0.717) is 6.42 Å². The van der Waals surface area contributed by atoms with Crippen molar-refractivity contribution in [1.29, 1.82) is 0 Å². The van der Waals surface area contributed by atoms with E-state index < -0.39 is 0 Å². The highest BCUT2D eigenvalue weighted by atomic mass is 16.5. The quantitative estimate of drug-likeness (QED) is 0.675. The van der Waals surface area contributed by atoms with Crippen molar-refractivity contribution in [3.05, 3.63) is 71.8 Å². The van der Waals surface area contributed by atoms with Gasteiger partial charge in [0.25, 0.3) is 0 Å². The highest BCUT2D eigenvalue weighted by molar-refractivity contribution is 5.77. The van der Waals surface area contributed by atoms with E-state index in [1.165, 1.54) is 0 Å². The molecule has 0 aromatic heterocycles. The number of carbonyl (C=O) groups excluding carboxylic acids is 1. The molecule has 4 heteroatoms. The molecule has 0 aliphatic rings. The normalized spacial score (nSPS) is 11.0. The van der Waals surface area contributed by atoms with Gasteiger partial charge in [-0.05, 0) is 24.6 Å². The summed E-state index contributed by atoms with van der Waals surface area (Å²) in [5.41, 5.74) is 2.19. The Morgan fingerprint density at radius 2 is 1.56 bits per heavy atom. The summed E-state index contributed by atoms with van der Waals surface area (Å²) in [5, 5.41) is 3.18. The minimum Gasteiger partial charge on any atom is -0.385 e. The maximum atomic E-state index is 12.5. The number of nitrogens with one attached hydrogen (secondary N) is 1. The number of methoxy groups -OCH3 is 1. The molecule has 0 radical (unpaired) electrons. The van der Waals surface area contributed by atoms with Crippen molar-refractivity contribution in [2.75, 3.05) is 33.9 Å². The first-order valence-electron chi connectivity index (χ1n) is 8.77. The van der Waals surface area contributed by atoms with Crippen molar-refractivity contribution in [1.82, 2.24) is 10.2 Å². The molecule has 0 aliphatic carbocycles. The average Bonchev–Trinajstić information content (AvgIpc) is 2.66. The molecule has 0 spiro atoms. The number of ether oxygens (including phenoxy) is 1. The van der Waals surface area contributed by atoms with Gasteiger partial charge in [0.1, 0.15) is 0 Å². The Hall–Kier alpha value is -2.17. The van der Waals surface area contributed by atoms with Crippen LogP contribution in [0.2, 0.25) is 0 Å². The van der Waals surface area contributed by atoms with Crippen molar-refractivity contribution < 1.29 is 9.53 Å². The van der Waals surface area contributed by atoms with Gasteiger partial charge in [-0.15, -0.1) is 0 Å². The van der Waals surface area contributed by atoms with Crippen LogP contribution in [0.1, 0.15) is 30.0 Å². The Balaban J connectivity index is 1.94. The molecular formula is C21H28N2O2. The molecule has 0 heterocycles. The van der Waals surface area contributed by atoms with Crippen LogP contribution in [-0.4, -0.2) is 44.7 Å². The van der Waals surface area contributed by atoms with Crippen LogP contribution in [0, 0.1) is 0 Å². The van der Waals surface area contributed by atoms with E-state index in [4.69, 9.17) is 4.74 Å². The SMILES string of the molecule is COCCCN(C)CCC(=O)NC(c1ccccc1)c1ccccc1. The minimum atomic E-state index is -0.117. The summed E-state index contributed by atoms with van der Waals surface area (Å²) in [6, 6.07) is 20.1. The van der Waals surface area contributed by atoms with Gasteiger partial charge in [0.15, 0.2) is 0 Å². The van der Waals surface area contributed by atoms with Crippen LogP contribution >= 0.6 is 0 Å². The van der Waals surface area contributed by atoms with Crippen LogP contribution in [0.25, 0.3) is 0 Å². The molecule has 25 heavy (non-hydrogen) atoms. The third-order valence-electron chi connectivity index (χ3n) is 4.18. The third-order valence-corrected chi connectivity index (χ3v) is 4.18. The molecule has 2 aromatic carbocycles. The van der Waals surface area contributed by atoms with Crippen molar-refractivity contribution >= 4 is 5.91 Å². The molecule has 2 rings (SSSR count). The number of benzene rings is 2. The third kappa shape index (κ3) is 6.69. The molecular weight excluding hydrogens is 312 g/mol. The standard InChI is InChI=1S/C21H28N2O2/c1-23(15-9-17-25-2)16-14-20(24)22-21(18-10-5-3-6-11-18)19-12-7-4-8-13-19/h3-8,10-13,21H,9,14-17H2,1-2H3,(H,22,24). The molecule has 2 aromatic rings. The lowest BCUT2D eigenvalue weighted by atomic mass is 9.98. The van der Waals surface area contributed by atoms with Crippen LogP contribution in [0.3, 0.4) is 0 Å². The molecule has 1 N–H and O–H groups in total. The predicted octanol–water partition coefficient (Wildman–Crippen LogP) is 3.25. The fourth-order valence-electron chi connectivity index (χ4n) is 2.77. The second kappa shape index (κ2) is 10.6. The van der Waals surface area contributed by atoms with Crippen molar-refractivity contribution in [2.24, 2.45) is 0 Å². The predicted molar refractivity (Wildman–Crippen MR) is 101 cm³/mol. The summed E-state index contributed by atoms with van der Waals surface area (Å²) in [6.45, 7) is 2.42. The van der Waals surface area contributed by atoms with Gasteiger partial charge in [0.05, 0.1) is 6.04 Å². The van der Waals surface area contributed by atoms with Gasteiger partial charge < -0.3 is 15.0 Å². The van der Waals surface area contributed by atoms with Crippen LogP contribution in [0.5, 0.6) is 0 Å². The summed E-state index contributed by atoms with van der Waals surface area (Å²) in [4.78, 5) is 14.6. The van der Waals surface area contributed by atoms with Gasteiger partial charge in [0.2, 0.25) is 5.91 Å². The zero-order chi connectivity index (χ0) is 17.9. The number of hydrogen-bond acceptors (Lipinski definition) is 3. The Labute approximate surface area is 150 Å². The Morgan fingerprint density at radius 3 is 2.08 bits per heavy atom. The first-order chi connectivity index (χ1) is 12.2. The van der Waals surface area contributed by atoms with E-state index in [1.807, 2.05) is 43.4 Å². The Bertz CT molecular complexity index is 577. The molecule has 134 valence electrons. The van der Waals surface area contributed by atoms with E-state index in [2.05, 4.69) is 34.5 Å². The van der Waals surface area contributed by atoms with Gasteiger partial charge in [-0.1, -0.05) is 60.7 Å². The lowest BCUT2D eigenvalue weighted by Crippen LogP contribution is -2.32. The van der Waals surface area contributed by atoms with Crippen molar-refractivity contribution in [2.45, 2.75) is 18.9 Å². The smallest absolute Gasteiger partial charge is 0.222 e. The highest BCUT2D eigenvalue weighted by Gasteiger charge is 2.16. The second-order valence-electron chi connectivity index (χ2n) is 6.22. The van der Waals surface area contributed by atoms with E-state index in [-0.39, 0.29) is 11.9 Å². The average molecular weight is 340 g/mol. The summed E-state index contributed by atoms with van der Waals surface area (Å²) in [6.07, 6.45) is 1.46. The van der Waals surface area contributed by atoms with Gasteiger partial charge in [-0.3, -0.25) is 4.79 Å². The molecule has 4 nitrogen and oxygen atoms in total. The zero-order valence-electron chi connectivity index (χ0n) is 15.2. The van der Waals surface area contributed by atoms with E-state index in [9.17, 15) is 4.79 Å². The lowest BCUT2D eigenvalue weighted by Gasteiger charge is -2.21. The Morgan fingerprint density at radius 1 is 1.00 bits per heavy atom. The number of hydrogen-bond donors (Lipinski definition) is 1. The van der Waals surface area contributed by atoms with Crippen LogP contribution < -0.4 is 5.32 Å². The number of rotatable bonds is 10. The maximum Gasteiger partial charge on any atom is 0.222 e.